The third-order valence-corrected chi connectivity index (χ3v) is 5.30. The smallest absolute Gasteiger partial charge is 0.339 e. The van der Waals surface area contributed by atoms with Crippen molar-refractivity contribution in [2.45, 2.75) is 13.8 Å². The van der Waals surface area contributed by atoms with E-state index in [2.05, 4.69) is 37.1 Å². The molecule has 176 valence electrons. The van der Waals surface area contributed by atoms with Crippen LogP contribution >= 0.6 is 15.9 Å². The van der Waals surface area contributed by atoms with Crippen LogP contribution in [-0.4, -0.2) is 31.9 Å². The zero-order chi connectivity index (χ0) is 24.5. The molecule has 3 aromatic carbocycles. The predicted molar refractivity (Wildman–Crippen MR) is 137 cm³/mol. The summed E-state index contributed by atoms with van der Waals surface area (Å²) >= 11 is 3.44. The first kappa shape index (κ1) is 24.8. The number of benzene rings is 3. The third kappa shape index (κ3) is 7.08. The van der Waals surface area contributed by atoms with Crippen LogP contribution < -0.4 is 25.5 Å². The van der Waals surface area contributed by atoms with E-state index in [0.29, 0.717) is 32.9 Å². The highest BCUT2D eigenvalue weighted by molar-refractivity contribution is 9.10. The van der Waals surface area contributed by atoms with E-state index in [1.165, 1.54) is 13.3 Å². The minimum absolute atomic E-state index is 0.198. The fourth-order valence-electron chi connectivity index (χ4n) is 2.95. The molecule has 0 bridgehead atoms. The van der Waals surface area contributed by atoms with Crippen molar-refractivity contribution in [2.24, 2.45) is 5.10 Å². The van der Waals surface area contributed by atoms with Gasteiger partial charge < -0.3 is 20.1 Å². The van der Waals surface area contributed by atoms with Crippen LogP contribution in [0, 0.1) is 13.8 Å². The Bertz CT molecular complexity index is 1200. The molecule has 3 rings (SSSR count). The molecule has 3 amide bonds. The molecule has 0 fully saturated rings. The molecule has 3 aromatic rings. The number of rotatable bonds is 8. The Balaban J connectivity index is 1.59. The number of urea groups is 1. The fraction of sp³-hybridized carbons (Fsp3) is 0.160. The van der Waals surface area contributed by atoms with E-state index in [9.17, 15) is 9.59 Å². The van der Waals surface area contributed by atoms with Crippen molar-refractivity contribution < 1.29 is 19.1 Å². The van der Waals surface area contributed by atoms with E-state index >= 15 is 0 Å². The number of ether oxygens (including phenoxy) is 2. The van der Waals surface area contributed by atoms with Crippen molar-refractivity contribution in [3.8, 4) is 11.5 Å². The molecular weight excluding hydrogens is 500 g/mol. The summed E-state index contributed by atoms with van der Waals surface area (Å²) in [4.78, 5) is 24.3. The van der Waals surface area contributed by atoms with Gasteiger partial charge in [-0.2, -0.15) is 5.10 Å². The van der Waals surface area contributed by atoms with Crippen molar-refractivity contribution in [2.75, 3.05) is 24.4 Å². The third-order valence-electron chi connectivity index (χ3n) is 4.71. The zero-order valence-electron chi connectivity index (χ0n) is 19.0. The van der Waals surface area contributed by atoms with Crippen molar-refractivity contribution in [1.82, 2.24) is 5.43 Å². The molecule has 0 aliphatic rings. The summed E-state index contributed by atoms with van der Waals surface area (Å²) < 4.78 is 11.7. The lowest BCUT2D eigenvalue weighted by Gasteiger charge is -2.13. The molecule has 34 heavy (non-hydrogen) atoms. The minimum atomic E-state index is -0.462. The van der Waals surface area contributed by atoms with Gasteiger partial charge >= 0.3 is 6.03 Å². The number of carbonyl (C=O) groups is 2. The number of para-hydroxylation sites is 1. The van der Waals surface area contributed by atoms with E-state index in [1.807, 2.05) is 56.3 Å². The molecule has 0 atom stereocenters. The van der Waals surface area contributed by atoms with Crippen LogP contribution in [0.5, 0.6) is 11.5 Å². The summed E-state index contributed by atoms with van der Waals surface area (Å²) in [5.41, 5.74) is 6.51. The Hall–Kier alpha value is -3.85. The average molecular weight is 525 g/mol. The van der Waals surface area contributed by atoms with E-state index in [4.69, 9.17) is 9.47 Å². The molecule has 0 unspecified atom stereocenters. The van der Waals surface area contributed by atoms with Gasteiger partial charge in [-0.3, -0.25) is 4.79 Å². The van der Waals surface area contributed by atoms with E-state index in [1.54, 1.807) is 18.2 Å². The first-order valence-corrected chi connectivity index (χ1v) is 11.2. The second-order valence-corrected chi connectivity index (χ2v) is 8.23. The van der Waals surface area contributed by atoms with Crippen LogP contribution in [0.2, 0.25) is 0 Å². The predicted octanol–water partition coefficient (Wildman–Crippen LogP) is 5.25. The number of anilines is 2. The number of hydrogen-bond acceptors (Lipinski definition) is 5. The number of amides is 3. The molecule has 0 saturated carbocycles. The number of hydrazone groups is 1. The van der Waals surface area contributed by atoms with Crippen LogP contribution in [0.3, 0.4) is 0 Å². The normalized spacial score (nSPS) is 10.6. The number of nitrogens with zero attached hydrogens (tertiary/aromatic N) is 1. The Morgan fingerprint density at radius 3 is 2.47 bits per heavy atom. The second-order valence-electron chi connectivity index (χ2n) is 7.38. The highest BCUT2D eigenvalue weighted by Gasteiger charge is 2.13. The lowest BCUT2D eigenvalue weighted by molar-refractivity contribution is -0.118. The maximum absolute atomic E-state index is 12.2. The van der Waals surface area contributed by atoms with E-state index in [-0.39, 0.29) is 12.5 Å². The highest BCUT2D eigenvalue weighted by atomic mass is 79.9. The van der Waals surface area contributed by atoms with Gasteiger partial charge in [-0.05, 0) is 71.2 Å². The monoisotopic (exact) mass is 524 g/mol. The van der Waals surface area contributed by atoms with Gasteiger partial charge in [0.2, 0.25) is 0 Å². The molecule has 0 heterocycles. The van der Waals surface area contributed by atoms with Gasteiger partial charge in [0.05, 0.1) is 17.8 Å². The second kappa shape index (κ2) is 11.9. The zero-order valence-corrected chi connectivity index (χ0v) is 20.6. The summed E-state index contributed by atoms with van der Waals surface area (Å²) in [6.45, 7) is 3.68. The summed E-state index contributed by atoms with van der Waals surface area (Å²) in [6, 6.07) is 17.9. The quantitative estimate of drug-likeness (QED) is 0.276. The Kier molecular flexibility index (Phi) is 8.64. The maximum atomic E-state index is 12.2. The highest BCUT2D eigenvalue weighted by Crippen LogP contribution is 2.36. The van der Waals surface area contributed by atoms with Crippen molar-refractivity contribution >= 4 is 45.5 Å². The lowest BCUT2D eigenvalue weighted by atomic mass is 10.2. The van der Waals surface area contributed by atoms with E-state index in [0.717, 1.165) is 11.1 Å². The largest absolute Gasteiger partial charge is 0.493 e. The minimum Gasteiger partial charge on any atom is -0.493 e. The van der Waals surface area contributed by atoms with Crippen molar-refractivity contribution in [3.63, 3.8) is 0 Å². The summed E-state index contributed by atoms with van der Waals surface area (Å²) in [7, 11) is 1.50. The van der Waals surface area contributed by atoms with Gasteiger partial charge in [-0.25, -0.2) is 10.2 Å². The molecule has 0 aromatic heterocycles. The maximum Gasteiger partial charge on any atom is 0.339 e. The van der Waals surface area contributed by atoms with Gasteiger partial charge in [0, 0.05) is 11.4 Å². The molecule has 0 saturated heterocycles. The van der Waals surface area contributed by atoms with Crippen LogP contribution in [0.15, 0.2) is 70.2 Å². The topological polar surface area (TPSA) is 101 Å². The summed E-state index contributed by atoms with van der Waals surface area (Å²) in [6.07, 6.45) is 1.47. The molecule has 0 aliphatic heterocycles. The SMILES string of the molecule is COc1cc(C=NNC(=O)Nc2ccccc2C)cc(Br)c1OCC(=O)Nc1ccc(C)cc1. The van der Waals surface area contributed by atoms with Crippen LogP contribution in [0.25, 0.3) is 0 Å². The molecule has 3 N–H and O–H groups in total. The van der Waals surface area contributed by atoms with Gasteiger partial charge in [-0.15, -0.1) is 0 Å². The number of hydrogen-bond donors (Lipinski definition) is 3. The van der Waals surface area contributed by atoms with Crippen molar-refractivity contribution in [3.05, 3.63) is 81.8 Å². The number of halogens is 1. The number of aryl methyl sites for hydroxylation is 2. The number of methoxy groups -OCH3 is 1. The Morgan fingerprint density at radius 1 is 1.03 bits per heavy atom. The molecule has 0 radical (unpaired) electrons. The Morgan fingerprint density at radius 2 is 1.76 bits per heavy atom. The summed E-state index contributed by atoms with van der Waals surface area (Å²) in [5, 5.41) is 9.48. The van der Waals surface area contributed by atoms with Crippen molar-refractivity contribution in [1.29, 1.82) is 0 Å². The summed E-state index contributed by atoms with van der Waals surface area (Å²) in [5.74, 6) is 0.486. The molecule has 8 nitrogen and oxygen atoms in total. The molecule has 9 heteroatoms. The van der Waals surface area contributed by atoms with Gasteiger partial charge in [0.1, 0.15) is 0 Å². The number of nitrogens with one attached hydrogen (secondary N) is 3. The lowest BCUT2D eigenvalue weighted by Crippen LogP contribution is -2.24. The van der Waals surface area contributed by atoms with E-state index < -0.39 is 6.03 Å². The van der Waals surface area contributed by atoms with Gasteiger partial charge in [0.15, 0.2) is 18.1 Å². The van der Waals surface area contributed by atoms with Crippen LogP contribution in [0.4, 0.5) is 16.2 Å². The standard InChI is InChI=1S/C25H25BrN4O4/c1-16-8-10-19(11-9-16)28-23(31)15-34-24-20(26)12-18(13-22(24)33-3)14-27-30-25(32)29-21-7-5-4-6-17(21)2/h4-14H,15H2,1-3H3,(H,28,31)(H2,29,30,32). The molecule has 0 spiro atoms. The van der Waals surface area contributed by atoms with Gasteiger partial charge in [-0.1, -0.05) is 35.9 Å². The fourth-order valence-corrected chi connectivity index (χ4v) is 3.53. The first-order valence-electron chi connectivity index (χ1n) is 10.4. The number of carbonyl (C=O) groups excluding carboxylic acids is 2. The first-order chi connectivity index (χ1) is 16.4. The van der Waals surface area contributed by atoms with Crippen LogP contribution in [0.1, 0.15) is 16.7 Å². The molecule has 0 aliphatic carbocycles. The Labute approximate surface area is 206 Å². The average Bonchev–Trinajstić information content (AvgIpc) is 2.81. The van der Waals surface area contributed by atoms with Crippen LogP contribution in [-0.2, 0) is 4.79 Å². The van der Waals surface area contributed by atoms with Gasteiger partial charge in [0.25, 0.3) is 5.91 Å². The molecular formula is C25H25BrN4O4.